The van der Waals surface area contributed by atoms with E-state index in [0.29, 0.717) is 18.2 Å². The average molecular weight is 343 g/mol. The molecule has 0 bridgehead atoms. The SMILES string of the molecule is CC(C)c1cc(C(=O)NCc2cccnc2N(C)C)nn1C(C)(C)C. The molecule has 0 spiro atoms. The van der Waals surface area contributed by atoms with Crippen LogP contribution in [-0.4, -0.2) is 34.8 Å². The average Bonchev–Trinajstić information content (AvgIpc) is 2.98. The highest BCUT2D eigenvalue weighted by atomic mass is 16.1. The van der Waals surface area contributed by atoms with Crippen molar-refractivity contribution >= 4 is 11.7 Å². The molecule has 0 aliphatic heterocycles. The predicted octanol–water partition coefficient (Wildman–Crippen LogP) is 3.15. The fourth-order valence-electron chi connectivity index (χ4n) is 2.69. The van der Waals surface area contributed by atoms with E-state index in [1.807, 2.05) is 41.9 Å². The van der Waals surface area contributed by atoms with Crippen molar-refractivity contribution in [2.45, 2.75) is 52.6 Å². The van der Waals surface area contributed by atoms with Crippen LogP contribution in [0.4, 0.5) is 5.82 Å². The zero-order valence-electron chi connectivity index (χ0n) is 16.3. The number of carbonyl (C=O) groups is 1. The van der Waals surface area contributed by atoms with Crippen LogP contribution in [0.2, 0.25) is 0 Å². The van der Waals surface area contributed by atoms with Gasteiger partial charge in [0.15, 0.2) is 0 Å². The molecule has 0 saturated heterocycles. The van der Waals surface area contributed by atoms with Gasteiger partial charge < -0.3 is 10.2 Å². The topological polar surface area (TPSA) is 63.1 Å². The van der Waals surface area contributed by atoms with Crippen LogP contribution in [0.25, 0.3) is 0 Å². The first kappa shape index (κ1) is 19.0. The number of hydrogen-bond acceptors (Lipinski definition) is 4. The van der Waals surface area contributed by atoms with Crippen LogP contribution in [0.5, 0.6) is 0 Å². The van der Waals surface area contributed by atoms with Gasteiger partial charge in [0.05, 0.1) is 5.54 Å². The number of hydrogen-bond donors (Lipinski definition) is 1. The summed E-state index contributed by atoms with van der Waals surface area (Å²) < 4.78 is 1.95. The van der Waals surface area contributed by atoms with Gasteiger partial charge in [-0.25, -0.2) is 4.98 Å². The fourth-order valence-corrected chi connectivity index (χ4v) is 2.69. The van der Waals surface area contributed by atoms with Gasteiger partial charge in [0, 0.05) is 38.1 Å². The Morgan fingerprint density at radius 3 is 2.52 bits per heavy atom. The summed E-state index contributed by atoms with van der Waals surface area (Å²) in [5.41, 5.74) is 2.32. The molecule has 0 aliphatic rings. The van der Waals surface area contributed by atoms with E-state index in [1.165, 1.54) is 0 Å². The van der Waals surface area contributed by atoms with Crippen molar-refractivity contribution in [3.63, 3.8) is 0 Å². The number of nitrogens with zero attached hydrogens (tertiary/aromatic N) is 4. The Hall–Kier alpha value is -2.37. The summed E-state index contributed by atoms with van der Waals surface area (Å²) in [6.45, 7) is 10.9. The first-order valence-electron chi connectivity index (χ1n) is 8.61. The van der Waals surface area contributed by atoms with Crippen molar-refractivity contribution < 1.29 is 4.79 Å². The largest absolute Gasteiger partial charge is 0.362 e. The molecule has 2 aromatic rings. The summed E-state index contributed by atoms with van der Waals surface area (Å²) in [6, 6.07) is 5.73. The third-order valence-corrected chi connectivity index (χ3v) is 3.93. The molecule has 25 heavy (non-hydrogen) atoms. The number of aromatic nitrogens is 3. The van der Waals surface area contributed by atoms with Gasteiger partial charge in [-0.3, -0.25) is 9.48 Å². The maximum Gasteiger partial charge on any atom is 0.272 e. The zero-order valence-corrected chi connectivity index (χ0v) is 16.3. The number of carbonyl (C=O) groups excluding carboxylic acids is 1. The summed E-state index contributed by atoms with van der Waals surface area (Å²) >= 11 is 0. The van der Waals surface area contributed by atoms with E-state index < -0.39 is 0 Å². The van der Waals surface area contributed by atoms with Crippen LogP contribution < -0.4 is 10.2 Å². The highest BCUT2D eigenvalue weighted by molar-refractivity contribution is 5.92. The fraction of sp³-hybridized carbons (Fsp3) is 0.526. The third-order valence-electron chi connectivity index (χ3n) is 3.93. The van der Waals surface area contributed by atoms with E-state index in [2.05, 4.69) is 50.0 Å². The summed E-state index contributed by atoms with van der Waals surface area (Å²) in [6.07, 6.45) is 1.75. The minimum atomic E-state index is -0.168. The van der Waals surface area contributed by atoms with Crippen molar-refractivity contribution in [1.82, 2.24) is 20.1 Å². The lowest BCUT2D eigenvalue weighted by atomic mass is 10.1. The smallest absolute Gasteiger partial charge is 0.272 e. The minimum Gasteiger partial charge on any atom is -0.362 e. The van der Waals surface area contributed by atoms with E-state index in [1.54, 1.807) is 6.20 Å². The molecule has 0 aliphatic carbocycles. The Labute approximate surface area is 150 Å². The Balaban J connectivity index is 2.20. The van der Waals surface area contributed by atoms with Gasteiger partial charge in [0.25, 0.3) is 5.91 Å². The van der Waals surface area contributed by atoms with E-state index in [-0.39, 0.29) is 11.4 Å². The number of amides is 1. The lowest BCUT2D eigenvalue weighted by Gasteiger charge is -2.23. The molecule has 1 amide bonds. The standard InChI is InChI=1S/C19H29N5O/c1-13(2)16-11-15(22-24(16)19(3,4)5)18(25)21-12-14-9-8-10-20-17(14)23(6)7/h8-11,13H,12H2,1-7H3,(H,21,25). The lowest BCUT2D eigenvalue weighted by Crippen LogP contribution is -2.28. The monoisotopic (exact) mass is 343 g/mol. The van der Waals surface area contributed by atoms with Crippen molar-refractivity contribution in [3.8, 4) is 0 Å². The Kier molecular flexibility index (Phi) is 5.50. The summed E-state index contributed by atoms with van der Waals surface area (Å²) in [4.78, 5) is 18.9. The van der Waals surface area contributed by atoms with Gasteiger partial charge in [-0.15, -0.1) is 0 Å². The molecule has 0 atom stereocenters. The molecule has 1 N–H and O–H groups in total. The summed E-state index contributed by atoms with van der Waals surface area (Å²) in [5.74, 6) is 0.983. The van der Waals surface area contributed by atoms with E-state index in [4.69, 9.17) is 0 Å². The Morgan fingerprint density at radius 2 is 2.00 bits per heavy atom. The van der Waals surface area contributed by atoms with Crippen LogP contribution >= 0.6 is 0 Å². The van der Waals surface area contributed by atoms with Crippen molar-refractivity contribution in [1.29, 1.82) is 0 Å². The van der Waals surface area contributed by atoms with Crippen LogP contribution in [0.3, 0.4) is 0 Å². The second-order valence-corrected chi connectivity index (χ2v) is 7.76. The number of nitrogens with one attached hydrogen (secondary N) is 1. The first-order valence-corrected chi connectivity index (χ1v) is 8.61. The lowest BCUT2D eigenvalue weighted by molar-refractivity contribution is 0.0944. The van der Waals surface area contributed by atoms with E-state index in [0.717, 1.165) is 17.1 Å². The molecule has 136 valence electrons. The summed E-state index contributed by atoms with van der Waals surface area (Å²) in [5, 5.41) is 7.51. The van der Waals surface area contributed by atoms with E-state index in [9.17, 15) is 4.79 Å². The molecular weight excluding hydrogens is 314 g/mol. The number of anilines is 1. The van der Waals surface area contributed by atoms with E-state index >= 15 is 0 Å². The second kappa shape index (κ2) is 7.25. The van der Waals surface area contributed by atoms with Crippen molar-refractivity contribution in [3.05, 3.63) is 41.3 Å². The van der Waals surface area contributed by atoms with Gasteiger partial charge in [0.1, 0.15) is 11.5 Å². The van der Waals surface area contributed by atoms with Crippen LogP contribution in [0.1, 0.15) is 62.3 Å². The Morgan fingerprint density at radius 1 is 1.32 bits per heavy atom. The van der Waals surface area contributed by atoms with Gasteiger partial charge in [-0.1, -0.05) is 19.9 Å². The highest BCUT2D eigenvalue weighted by Gasteiger charge is 2.23. The quantitative estimate of drug-likeness (QED) is 0.906. The molecule has 0 radical (unpaired) electrons. The predicted molar refractivity (Wildman–Crippen MR) is 101 cm³/mol. The Bertz CT molecular complexity index is 741. The van der Waals surface area contributed by atoms with Crippen molar-refractivity contribution in [2.75, 3.05) is 19.0 Å². The van der Waals surface area contributed by atoms with Crippen LogP contribution in [-0.2, 0) is 12.1 Å². The maximum absolute atomic E-state index is 12.6. The molecule has 0 fully saturated rings. The summed E-state index contributed by atoms with van der Waals surface area (Å²) in [7, 11) is 3.88. The molecule has 2 aromatic heterocycles. The normalized spacial score (nSPS) is 11.7. The van der Waals surface area contributed by atoms with Crippen molar-refractivity contribution in [2.24, 2.45) is 0 Å². The molecule has 2 heterocycles. The van der Waals surface area contributed by atoms with Gasteiger partial charge in [-0.05, 0) is 38.8 Å². The van der Waals surface area contributed by atoms with Crippen LogP contribution in [0, 0.1) is 0 Å². The van der Waals surface area contributed by atoms with Crippen LogP contribution in [0.15, 0.2) is 24.4 Å². The second-order valence-electron chi connectivity index (χ2n) is 7.76. The van der Waals surface area contributed by atoms with Gasteiger partial charge in [0.2, 0.25) is 0 Å². The molecule has 0 unspecified atom stereocenters. The first-order chi connectivity index (χ1) is 11.6. The number of rotatable bonds is 5. The molecule has 2 rings (SSSR count). The minimum absolute atomic E-state index is 0.167. The van der Waals surface area contributed by atoms with Gasteiger partial charge >= 0.3 is 0 Å². The third kappa shape index (κ3) is 4.38. The zero-order chi connectivity index (χ0) is 18.8. The molecule has 0 saturated carbocycles. The molecular formula is C19H29N5O. The molecule has 6 heteroatoms. The number of pyridine rings is 1. The highest BCUT2D eigenvalue weighted by Crippen LogP contribution is 2.23. The molecule has 6 nitrogen and oxygen atoms in total. The maximum atomic E-state index is 12.6. The molecule has 0 aromatic carbocycles. The van der Waals surface area contributed by atoms with Gasteiger partial charge in [-0.2, -0.15) is 5.10 Å².